The minimum absolute atomic E-state index is 0.352. The Morgan fingerprint density at radius 3 is 2.90 bits per heavy atom. The number of nitrogens with one attached hydrogen (secondary N) is 1. The van der Waals surface area contributed by atoms with Crippen molar-refractivity contribution in [3.05, 3.63) is 17.3 Å². The van der Waals surface area contributed by atoms with Crippen molar-refractivity contribution in [3.8, 4) is 0 Å². The molecule has 2 rings (SSSR count). The van der Waals surface area contributed by atoms with Crippen LogP contribution in [0.4, 0.5) is 5.82 Å². The van der Waals surface area contributed by atoms with Gasteiger partial charge in [0.05, 0.1) is 18.5 Å². The van der Waals surface area contributed by atoms with Gasteiger partial charge in [0.25, 0.3) is 0 Å². The zero-order valence-electron chi connectivity index (χ0n) is 12.5. The van der Waals surface area contributed by atoms with Gasteiger partial charge in [-0.25, -0.2) is 9.97 Å². The third kappa shape index (κ3) is 3.26. The number of thiophene rings is 1. The molecule has 2 aromatic heterocycles. The third-order valence-electron chi connectivity index (χ3n) is 3.39. The lowest BCUT2D eigenvalue weighted by Gasteiger charge is -2.26. The van der Waals surface area contributed by atoms with Crippen LogP contribution in [0.5, 0.6) is 0 Å². The molecule has 5 nitrogen and oxygen atoms in total. The summed E-state index contributed by atoms with van der Waals surface area (Å²) in [4.78, 5) is 12.6. The van der Waals surface area contributed by atoms with E-state index in [1.54, 1.807) is 18.4 Å². The van der Waals surface area contributed by atoms with Crippen LogP contribution in [0.25, 0.3) is 10.2 Å². The highest BCUT2D eigenvalue weighted by molar-refractivity contribution is 7.16. The van der Waals surface area contributed by atoms with Gasteiger partial charge in [0, 0.05) is 20.2 Å². The smallest absolute Gasteiger partial charge is 0.146 e. The molecule has 2 heterocycles. The number of ether oxygens (including phenoxy) is 1. The van der Waals surface area contributed by atoms with Crippen molar-refractivity contribution in [3.63, 3.8) is 0 Å². The lowest BCUT2D eigenvalue weighted by Crippen LogP contribution is -2.36. The number of fused-ring (bicyclic) bond motifs is 1. The van der Waals surface area contributed by atoms with Gasteiger partial charge in [0.2, 0.25) is 0 Å². The first-order chi connectivity index (χ1) is 9.69. The third-order valence-corrected chi connectivity index (χ3v) is 4.20. The molecule has 20 heavy (non-hydrogen) atoms. The van der Waals surface area contributed by atoms with Crippen molar-refractivity contribution >= 4 is 27.4 Å². The van der Waals surface area contributed by atoms with E-state index in [9.17, 15) is 0 Å². The largest absolute Gasteiger partial charge is 0.383 e. The monoisotopic (exact) mass is 294 g/mol. The Hall–Kier alpha value is -1.24. The summed E-state index contributed by atoms with van der Waals surface area (Å²) in [6.45, 7) is 6.72. The van der Waals surface area contributed by atoms with E-state index in [1.807, 2.05) is 7.05 Å². The highest BCUT2D eigenvalue weighted by atomic mass is 32.1. The van der Waals surface area contributed by atoms with Crippen LogP contribution in [0.2, 0.25) is 0 Å². The number of rotatable bonds is 7. The first-order valence-electron chi connectivity index (χ1n) is 6.84. The van der Waals surface area contributed by atoms with E-state index < -0.39 is 0 Å². The van der Waals surface area contributed by atoms with Crippen molar-refractivity contribution in [2.75, 3.05) is 32.6 Å². The lowest BCUT2D eigenvalue weighted by atomic mass is 10.3. The minimum atomic E-state index is 0.352. The van der Waals surface area contributed by atoms with Gasteiger partial charge < -0.3 is 10.1 Å². The minimum Gasteiger partial charge on any atom is -0.383 e. The molecular formula is C14H22N4OS. The number of nitrogens with zero attached hydrogens (tertiary/aromatic N) is 3. The quantitative estimate of drug-likeness (QED) is 0.850. The molecule has 1 N–H and O–H groups in total. The highest BCUT2D eigenvalue weighted by Crippen LogP contribution is 2.25. The molecule has 0 spiro atoms. The zero-order chi connectivity index (χ0) is 14.5. The number of hydrogen-bond donors (Lipinski definition) is 1. The summed E-state index contributed by atoms with van der Waals surface area (Å²) in [5.41, 5.74) is 0. The van der Waals surface area contributed by atoms with Crippen LogP contribution in [-0.2, 0) is 11.3 Å². The van der Waals surface area contributed by atoms with Gasteiger partial charge >= 0.3 is 0 Å². The van der Waals surface area contributed by atoms with Crippen LogP contribution in [0.1, 0.15) is 19.7 Å². The van der Waals surface area contributed by atoms with E-state index in [-0.39, 0.29) is 0 Å². The molecule has 0 aliphatic carbocycles. The highest BCUT2D eigenvalue weighted by Gasteiger charge is 2.15. The molecule has 110 valence electrons. The van der Waals surface area contributed by atoms with E-state index in [0.29, 0.717) is 12.6 Å². The van der Waals surface area contributed by atoms with E-state index in [1.165, 1.54) is 0 Å². The average molecular weight is 294 g/mol. The Labute approximate surface area is 124 Å². The van der Waals surface area contributed by atoms with E-state index in [2.05, 4.69) is 45.5 Å². The summed E-state index contributed by atoms with van der Waals surface area (Å²) in [6.07, 6.45) is 0. The van der Waals surface area contributed by atoms with Gasteiger partial charge in [-0.05, 0) is 24.9 Å². The normalized spacial score (nSPS) is 13.1. The molecule has 6 heteroatoms. The molecule has 0 bridgehead atoms. The number of likely N-dealkylation sites (N-methyl/N-ethyl adjacent to an activating group) is 1. The first kappa shape index (κ1) is 15.2. The summed E-state index contributed by atoms with van der Waals surface area (Å²) in [6, 6.07) is 2.41. The van der Waals surface area contributed by atoms with Gasteiger partial charge in [-0.3, -0.25) is 4.90 Å². The van der Waals surface area contributed by atoms with Crippen LogP contribution in [0.15, 0.2) is 11.4 Å². The maximum atomic E-state index is 5.23. The van der Waals surface area contributed by atoms with Gasteiger partial charge in [-0.15, -0.1) is 11.3 Å². The van der Waals surface area contributed by atoms with Crippen LogP contribution >= 0.6 is 11.3 Å². The van der Waals surface area contributed by atoms with Gasteiger partial charge in [0.15, 0.2) is 0 Å². The Balaban J connectivity index is 2.23. The molecule has 0 aliphatic heterocycles. The fourth-order valence-corrected chi connectivity index (χ4v) is 3.05. The molecule has 0 fully saturated rings. The van der Waals surface area contributed by atoms with Gasteiger partial charge in [0.1, 0.15) is 16.5 Å². The van der Waals surface area contributed by atoms with Crippen molar-refractivity contribution < 1.29 is 4.74 Å². The maximum Gasteiger partial charge on any atom is 0.146 e. The van der Waals surface area contributed by atoms with Crippen LogP contribution in [-0.4, -0.2) is 48.2 Å². The van der Waals surface area contributed by atoms with Gasteiger partial charge in [-0.1, -0.05) is 6.92 Å². The predicted octanol–water partition coefficient (Wildman–Crippen LogP) is 2.59. The van der Waals surface area contributed by atoms with E-state index in [0.717, 1.165) is 34.9 Å². The van der Waals surface area contributed by atoms with Gasteiger partial charge in [-0.2, -0.15) is 0 Å². The number of aromatic nitrogens is 2. The molecule has 0 saturated carbocycles. The van der Waals surface area contributed by atoms with E-state index >= 15 is 0 Å². The predicted molar refractivity (Wildman–Crippen MR) is 84.4 cm³/mol. The Bertz CT molecular complexity index is 557. The van der Waals surface area contributed by atoms with Crippen molar-refractivity contribution in [1.82, 2.24) is 14.9 Å². The number of anilines is 1. The number of methoxy groups -OCH3 is 1. The maximum absolute atomic E-state index is 5.23. The summed E-state index contributed by atoms with van der Waals surface area (Å²) in [7, 11) is 3.63. The first-order valence-corrected chi connectivity index (χ1v) is 7.72. The van der Waals surface area contributed by atoms with Crippen molar-refractivity contribution in [1.29, 1.82) is 0 Å². The second-order valence-corrected chi connectivity index (χ2v) is 5.64. The summed E-state index contributed by atoms with van der Waals surface area (Å²) < 4.78 is 5.23. The van der Waals surface area contributed by atoms with Crippen molar-refractivity contribution in [2.24, 2.45) is 0 Å². The number of hydrogen-bond acceptors (Lipinski definition) is 6. The SMILES string of the molecule is CCN(Cc1nc(NC)c2ccsc2n1)C(C)COC. The second kappa shape index (κ2) is 6.97. The van der Waals surface area contributed by atoms with Crippen LogP contribution in [0, 0.1) is 0 Å². The fourth-order valence-electron chi connectivity index (χ4n) is 2.27. The molecule has 2 aromatic rings. The zero-order valence-corrected chi connectivity index (χ0v) is 13.3. The molecule has 0 amide bonds. The molecular weight excluding hydrogens is 272 g/mol. The standard InChI is InChI=1S/C14H22N4OS/c1-5-18(10(2)9-19-4)8-12-16-13(15-3)11-6-7-20-14(11)17-12/h6-7,10H,5,8-9H2,1-4H3,(H,15,16,17). The van der Waals surface area contributed by atoms with Crippen LogP contribution in [0.3, 0.4) is 0 Å². The average Bonchev–Trinajstić information content (AvgIpc) is 2.92. The molecule has 1 atom stereocenters. The van der Waals surface area contributed by atoms with Crippen LogP contribution < -0.4 is 5.32 Å². The Morgan fingerprint density at radius 2 is 2.25 bits per heavy atom. The lowest BCUT2D eigenvalue weighted by molar-refractivity contribution is 0.0966. The van der Waals surface area contributed by atoms with Crippen molar-refractivity contribution in [2.45, 2.75) is 26.4 Å². The molecule has 0 aromatic carbocycles. The molecule has 0 saturated heterocycles. The summed E-state index contributed by atoms with van der Waals surface area (Å²) in [5.74, 6) is 1.76. The molecule has 0 aliphatic rings. The second-order valence-electron chi connectivity index (χ2n) is 4.75. The molecule has 1 unspecified atom stereocenters. The van der Waals surface area contributed by atoms with E-state index in [4.69, 9.17) is 4.74 Å². The summed E-state index contributed by atoms with van der Waals surface area (Å²) >= 11 is 1.65. The topological polar surface area (TPSA) is 50.3 Å². The Kier molecular flexibility index (Phi) is 5.28. The Morgan fingerprint density at radius 1 is 1.45 bits per heavy atom. The molecule has 0 radical (unpaired) electrons. The fraction of sp³-hybridized carbons (Fsp3) is 0.571. The summed E-state index contributed by atoms with van der Waals surface area (Å²) in [5, 5.41) is 6.30.